The molecule has 0 aliphatic carbocycles. The number of anilines is 1. The highest BCUT2D eigenvalue weighted by Crippen LogP contribution is 2.25. The van der Waals surface area contributed by atoms with Crippen LogP contribution >= 0.6 is 0 Å². The maximum Gasteiger partial charge on any atom is 0.251 e. The molecular formula is C21H24N2O4. The number of carbonyl (C=O) groups excluding carboxylic acids is 2. The summed E-state index contributed by atoms with van der Waals surface area (Å²) in [6.07, 6.45) is 2.55. The normalized spacial score (nSPS) is 14.0. The lowest BCUT2D eigenvalue weighted by Crippen LogP contribution is -2.35. The van der Waals surface area contributed by atoms with E-state index in [0.717, 1.165) is 30.6 Å². The van der Waals surface area contributed by atoms with Gasteiger partial charge in [0.05, 0.1) is 14.2 Å². The Morgan fingerprint density at radius 1 is 1.07 bits per heavy atom. The first kappa shape index (κ1) is 18.8. The lowest BCUT2D eigenvalue weighted by molar-refractivity contribution is -0.119. The van der Waals surface area contributed by atoms with Gasteiger partial charge in [-0.05, 0) is 49.2 Å². The van der Waals surface area contributed by atoms with Crippen LogP contribution in [0.1, 0.15) is 35.2 Å². The molecule has 3 rings (SSSR count). The van der Waals surface area contributed by atoms with Crippen molar-refractivity contribution in [3.8, 4) is 11.5 Å². The van der Waals surface area contributed by atoms with E-state index in [2.05, 4.69) is 5.32 Å². The largest absolute Gasteiger partial charge is 0.497 e. The van der Waals surface area contributed by atoms with Gasteiger partial charge in [-0.3, -0.25) is 9.59 Å². The molecule has 0 atom stereocenters. The number of hydrogen-bond donors (Lipinski definition) is 1. The highest BCUT2D eigenvalue weighted by Gasteiger charge is 2.19. The number of carbonyl (C=O) groups is 2. The first-order valence-corrected chi connectivity index (χ1v) is 9.02. The van der Waals surface area contributed by atoms with E-state index in [1.807, 2.05) is 24.3 Å². The molecule has 0 bridgehead atoms. The van der Waals surface area contributed by atoms with E-state index in [-0.39, 0.29) is 11.8 Å². The number of rotatable bonds is 6. The Labute approximate surface area is 159 Å². The van der Waals surface area contributed by atoms with Gasteiger partial charge in [0.2, 0.25) is 5.91 Å². The van der Waals surface area contributed by atoms with Crippen LogP contribution in [0.4, 0.5) is 5.69 Å². The van der Waals surface area contributed by atoms with Gasteiger partial charge < -0.3 is 19.7 Å². The fraction of sp³-hybridized carbons (Fsp3) is 0.333. The summed E-state index contributed by atoms with van der Waals surface area (Å²) in [5, 5.41) is 2.89. The molecule has 0 radical (unpaired) electrons. The van der Waals surface area contributed by atoms with Crippen molar-refractivity contribution in [3.05, 3.63) is 53.6 Å². The van der Waals surface area contributed by atoms with Crippen molar-refractivity contribution in [2.45, 2.75) is 25.8 Å². The summed E-state index contributed by atoms with van der Waals surface area (Å²) in [5.74, 6) is 1.33. The molecule has 1 fully saturated rings. The molecule has 27 heavy (non-hydrogen) atoms. The van der Waals surface area contributed by atoms with Crippen LogP contribution in [0.5, 0.6) is 11.5 Å². The fourth-order valence-electron chi connectivity index (χ4n) is 3.15. The average Bonchev–Trinajstić information content (AvgIpc) is 2.72. The van der Waals surface area contributed by atoms with Crippen molar-refractivity contribution in [3.63, 3.8) is 0 Å². The molecule has 0 saturated carbocycles. The lowest BCUT2D eigenvalue weighted by atomic mass is 10.1. The average molecular weight is 368 g/mol. The minimum atomic E-state index is -0.176. The smallest absolute Gasteiger partial charge is 0.251 e. The first-order valence-electron chi connectivity index (χ1n) is 9.02. The van der Waals surface area contributed by atoms with E-state index in [9.17, 15) is 9.59 Å². The molecule has 142 valence electrons. The number of ether oxygens (including phenoxy) is 2. The number of nitrogens with zero attached hydrogens (tertiary/aromatic N) is 1. The number of hydrogen-bond acceptors (Lipinski definition) is 4. The Bertz CT molecular complexity index is 817. The Balaban J connectivity index is 1.64. The summed E-state index contributed by atoms with van der Waals surface area (Å²) in [6, 6.07) is 12.6. The number of nitrogens with one attached hydrogen (secondary N) is 1. The van der Waals surface area contributed by atoms with Crippen LogP contribution in [0, 0.1) is 0 Å². The third kappa shape index (κ3) is 4.39. The van der Waals surface area contributed by atoms with Crippen molar-refractivity contribution < 1.29 is 19.1 Å². The molecule has 6 heteroatoms. The molecule has 2 aromatic carbocycles. The Morgan fingerprint density at radius 2 is 1.85 bits per heavy atom. The van der Waals surface area contributed by atoms with Crippen LogP contribution in [-0.4, -0.2) is 32.6 Å². The van der Waals surface area contributed by atoms with Crippen LogP contribution in [0.15, 0.2) is 42.5 Å². The van der Waals surface area contributed by atoms with Crippen molar-refractivity contribution in [1.82, 2.24) is 5.32 Å². The third-order valence-corrected chi connectivity index (χ3v) is 4.70. The second-order valence-corrected chi connectivity index (χ2v) is 6.41. The number of piperidine rings is 1. The topological polar surface area (TPSA) is 67.9 Å². The summed E-state index contributed by atoms with van der Waals surface area (Å²) >= 11 is 0. The van der Waals surface area contributed by atoms with Gasteiger partial charge in [0.25, 0.3) is 5.91 Å². The highest BCUT2D eigenvalue weighted by molar-refractivity contribution is 5.96. The SMILES string of the molecule is COc1ccc(CNC(=O)c2ccc(N3CCCCC3=O)cc2)c(OC)c1. The van der Waals surface area contributed by atoms with Crippen LogP contribution < -0.4 is 19.7 Å². The quantitative estimate of drug-likeness (QED) is 0.850. The maximum atomic E-state index is 12.4. The van der Waals surface area contributed by atoms with Gasteiger partial charge in [-0.25, -0.2) is 0 Å². The van der Waals surface area contributed by atoms with Gasteiger partial charge in [0.1, 0.15) is 11.5 Å². The van der Waals surface area contributed by atoms with Crippen molar-refractivity contribution >= 4 is 17.5 Å². The molecular weight excluding hydrogens is 344 g/mol. The van der Waals surface area contributed by atoms with Crippen molar-refractivity contribution in [2.24, 2.45) is 0 Å². The van der Waals surface area contributed by atoms with Crippen LogP contribution in [0.2, 0.25) is 0 Å². The molecule has 0 aromatic heterocycles. The summed E-state index contributed by atoms with van der Waals surface area (Å²) in [7, 11) is 3.18. The number of benzene rings is 2. The van der Waals surface area contributed by atoms with Crippen LogP contribution in [0.25, 0.3) is 0 Å². The maximum absolute atomic E-state index is 12.4. The van der Waals surface area contributed by atoms with E-state index < -0.39 is 0 Å². The van der Waals surface area contributed by atoms with Crippen LogP contribution in [-0.2, 0) is 11.3 Å². The van der Waals surface area contributed by atoms with Gasteiger partial charge in [-0.1, -0.05) is 0 Å². The molecule has 1 aliphatic rings. The minimum Gasteiger partial charge on any atom is -0.497 e. The minimum absolute atomic E-state index is 0.144. The summed E-state index contributed by atoms with van der Waals surface area (Å²) < 4.78 is 10.5. The molecule has 1 N–H and O–H groups in total. The highest BCUT2D eigenvalue weighted by atomic mass is 16.5. The molecule has 1 saturated heterocycles. The Hall–Kier alpha value is -3.02. The van der Waals surface area contributed by atoms with E-state index >= 15 is 0 Å². The Morgan fingerprint density at radius 3 is 2.52 bits per heavy atom. The summed E-state index contributed by atoms with van der Waals surface area (Å²) in [4.78, 5) is 26.2. The second-order valence-electron chi connectivity index (χ2n) is 6.41. The molecule has 2 aromatic rings. The molecule has 6 nitrogen and oxygen atoms in total. The van der Waals surface area contributed by atoms with E-state index in [1.54, 1.807) is 37.3 Å². The summed E-state index contributed by atoms with van der Waals surface area (Å²) in [5.41, 5.74) is 2.26. The van der Waals surface area contributed by atoms with Gasteiger partial charge in [-0.15, -0.1) is 0 Å². The van der Waals surface area contributed by atoms with Crippen molar-refractivity contribution in [2.75, 3.05) is 25.7 Å². The third-order valence-electron chi connectivity index (χ3n) is 4.70. The summed E-state index contributed by atoms with van der Waals surface area (Å²) in [6.45, 7) is 1.08. The standard InChI is InChI=1S/C21H24N2O4/c1-26-18-11-8-16(19(13-18)27-2)14-22-21(25)15-6-9-17(10-7-15)23-12-4-3-5-20(23)24/h6-11,13H,3-5,12,14H2,1-2H3,(H,22,25). The molecule has 0 unspecified atom stereocenters. The zero-order chi connectivity index (χ0) is 19.2. The number of amides is 2. The number of methoxy groups -OCH3 is 2. The predicted octanol–water partition coefficient (Wildman–Crippen LogP) is 3.15. The molecule has 1 heterocycles. The zero-order valence-corrected chi connectivity index (χ0v) is 15.7. The van der Waals surface area contributed by atoms with Crippen LogP contribution in [0.3, 0.4) is 0 Å². The van der Waals surface area contributed by atoms with Gasteiger partial charge >= 0.3 is 0 Å². The monoisotopic (exact) mass is 368 g/mol. The van der Waals surface area contributed by atoms with E-state index in [4.69, 9.17) is 9.47 Å². The molecule has 2 amide bonds. The fourth-order valence-corrected chi connectivity index (χ4v) is 3.15. The van der Waals surface area contributed by atoms with Gasteiger partial charge in [0, 0.05) is 42.4 Å². The molecule has 0 spiro atoms. The zero-order valence-electron chi connectivity index (χ0n) is 15.7. The Kier molecular flexibility index (Phi) is 5.96. The molecule has 1 aliphatic heterocycles. The predicted molar refractivity (Wildman–Crippen MR) is 103 cm³/mol. The van der Waals surface area contributed by atoms with E-state index in [0.29, 0.717) is 30.0 Å². The van der Waals surface area contributed by atoms with Gasteiger partial charge in [-0.2, -0.15) is 0 Å². The lowest BCUT2D eigenvalue weighted by Gasteiger charge is -2.26. The first-order chi connectivity index (χ1) is 13.1. The van der Waals surface area contributed by atoms with Gasteiger partial charge in [0.15, 0.2) is 0 Å². The van der Waals surface area contributed by atoms with E-state index in [1.165, 1.54) is 0 Å². The second kappa shape index (κ2) is 8.58. The van der Waals surface area contributed by atoms with Crippen molar-refractivity contribution in [1.29, 1.82) is 0 Å².